The number of nitrogens with one attached hydrogen (secondary N) is 1. The van der Waals surface area contributed by atoms with E-state index in [2.05, 4.69) is 5.32 Å². The van der Waals surface area contributed by atoms with Gasteiger partial charge in [0.25, 0.3) is 17.7 Å². The molecular weight excluding hydrogens is 292 g/mol. The van der Waals surface area contributed by atoms with Gasteiger partial charge in [-0.05, 0) is 44.2 Å². The Balaban J connectivity index is 1.96. The minimum atomic E-state index is -0.369. The number of benzene rings is 2. The number of nitrogens with zero attached hydrogens (tertiary/aromatic N) is 1. The Labute approximate surface area is 133 Å². The van der Waals surface area contributed by atoms with E-state index in [-0.39, 0.29) is 23.8 Å². The summed E-state index contributed by atoms with van der Waals surface area (Å²) in [5.41, 5.74) is 1.57. The predicted octanol–water partition coefficient (Wildman–Crippen LogP) is 2.63. The fourth-order valence-corrected chi connectivity index (χ4v) is 2.56. The molecule has 5 heteroatoms. The van der Waals surface area contributed by atoms with Crippen LogP contribution < -0.4 is 10.2 Å². The first-order valence-electron chi connectivity index (χ1n) is 7.38. The van der Waals surface area contributed by atoms with E-state index in [4.69, 9.17) is 0 Å². The van der Waals surface area contributed by atoms with Crippen molar-refractivity contribution in [3.63, 3.8) is 0 Å². The van der Waals surface area contributed by atoms with E-state index in [0.717, 1.165) is 4.90 Å². The standard InChI is InChI=1S/C18H16N2O3/c1-11(2)19-16(21)12-6-5-7-13(10-12)20-17(22)14-8-3-4-9-15(14)18(20)23/h3-11H,1-2H3,(H,19,21). The summed E-state index contributed by atoms with van der Waals surface area (Å²) in [6.07, 6.45) is 0. The van der Waals surface area contributed by atoms with Gasteiger partial charge in [-0.2, -0.15) is 0 Å². The van der Waals surface area contributed by atoms with Gasteiger partial charge in [0.05, 0.1) is 16.8 Å². The SMILES string of the molecule is CC(C)NC(=O)c1cccc(N2C(=O)c3ccccc3C2=O)c1. The number of carbonyl (C=O) groups excluding carboxylic acids is 3. The molecule has 0 fully saturated rings. The van der Waals surface area contributed by atoms with Crippen molar-refractivity contribution in [1.29, 1.82) is 0 Å². The number of rotatable bonds is 3. The Morgan fingerprint density at radius 1 is 0.957 bits per heavy atom. The molecule has 0 saturated heterocycles. The molecule has 2 aromatic carbocycles. The number of hydrogen-bond acceptors (Lipinski definition) is 3. The van der Waals surface area contributed by atoms with Gasteiger partial charge in [0.1, 0.15) is 0 Å². The van der Waals surface area contributed by atoms with E-state index in [1.807, 2.05) is 13.8 Å². The van der Waals surface area contributed by atoms with Crippen LogP contribution in [-0.2, 0) is 0 Å². The van der Waals surface area contributed by atoms with E-state index in [9.17, 15) is 14.4 Å². The molecule has 3 amide bonds. The van der Waals surface area contributed by atoms with Crippen LogP contribution in [0.3, 0.4) is 0 Å². The Morgan fingerprint density at radius 2 is 1.57 bits per heavy atom. The van der Waals surface area contributed by atoms with Crippen LogP contribution in [0.4, 0.5) is 5.69 Å². The summed E-state index contributed by atoms with van der Waals surface area (Å²) in [7, 11) is 0. The second-order valence-corrected chi connectivity index (χ2v) is 5.67. The van der Waals surface area contributed by atoms with E-state index in [1.54, 1.807) is 48.5 Å². The maximum absolute atomic E-state index is 12.5. The summed E-state index contributed by atoms with van der Waals surface area (Å²) in [5, 5.41) is 2.79. The Kier molecular flexibility index (Phi) is 3.70. The predicted molar refractivity (Wildman–Crippen MR) is 86.6 cm³/mol. The first kappa shape index (κ1) is 15.0. The first-order chi connectivity index (χ1) is 11.0. The van der Waals surface area contributed by atoms with Gasteiger partial charge in [-0.15, -0.1) is 0 Å². The molecule has 2 aromatic rings. The summed E-state index contributed by atoms with van der Waals surface area (Å²) in [6, 6.07) is 13.2. The quantitative estimate of drug-likeness (QED) is 0.886. The third-order valence-electron chi connectivity index (χ3n) is 3.58. The molecule has 3 rings (SSSR count). The van der Waals surface area contributed by atoms with E-state index >= 15 is 0 Å². The molecule has 0 aromatic heterocycles. The fourth-order valence-electron chi connectivity index (χ4n) is 2.56. The Hall–Kier alpha value is -2.95. The third-order valence-corrected chi connectivity index (χ3v) is 3.58. The molecule has 0 aliphatic carbocycles. The lowest BCUT2D eigenvalue weighted by molar-refractivity contribution is 0.0917. The average molecular weight is 308 g/mol. The molecular formula is C18H16N2O3. The van der Waals surface area contributed by atoms with Gasteiger partial charge in [-0.1, -0.05) is 18.2 Å². The second-order valence-electron chi connectivity index (χ2n) is 5.67. The van der Waals surface area contributed by atoms with Gasteiger partial charge in [-0.3, -0.25) is 14.4 Å². The number of fused-ring (bicyclic) bond motifs is 1. The zero-order valence-corrected chi connectivity index (χ0v) is 12.9. The minimum Gasteiger partial charge on any atom is -0.350 e. The van der Waals surface area contributed by atoms with Crippen LogP contribution in [0.2, 0.25) is 0 Å². The lowest BCUT2D eigenvalue weighted by atomic mass is 10.1. The molecule has 116 valence electrons. The summed E-state index contributed by atoms with van der Waals surface area (Å²) < 4.78 is 0. The van der Waals surface area contributed by atoms with E-state index < -0.39 is 0 Å². The molecule has 0 radical (unpaired) electrons. The molecule has 1 heterocycles. The maximum atomic E-state index is 12.5. The summed E-state index contributed by atoms with van der Waals surface area (Å²) >= 11 is 0. The molecule has 0 atom stereocenters. The normalized spacial score (nSPS) is 13.4. The summed E-state index contributed by atoms with van der Waals surface area (Å²) in [5.74, 6) is -0.975. The zero-order chi connectivity index (χ0) is 16.6. The largest absolute Gasteiger partial charge is 0.350 e. The molecule has 1 aliphatic heterocycles. The van der Waals surface area contributed by atoms with Gasteiger partial charge >= 0.3 is 0 Å². The van der Waals surface area contributed by atoms with Crippen molar-refractivity contribution in [2.75, 3.05) is 4.90 Å². The second kappa shape index (κ2) is 5.68. The molecule has 0 spiro atoms. The lowest BCUT2D eigenvalue weighted by Gasteiger charge is -2.15. The van der Waals surface area contributed by atoms with Crippen LogP contribution >= 0.6 is 0 Å². The Morgan fingerprint density at radius 3 is 2.13 bits per heavy atom. The van der Waals surface area contributed by atoms with Crippen LogP contribution in [0, 0.1) is 0 Å². The highest BCUT2D eigenvalue weighted by Crippen LogP contribution is 2.28. The van der Waals surface area contributed by atoms with E-state index in [0.29, 0.717) is 22.4 Å². The van der Waals surface area contributed by atoms with Gasteiger partial charge in [0, 0.05) is 11.6 Å². The van der Waals surface area contributed by atoms with Crippen molar-refractivity contribution in [3.05, 3.63) is 65.2 Å². The van der Waals surface area contributed by atoms with Gasteiger partial charge in [-0.25, -0.2) is 4.90 Å². The minimum absolute atomic E-state index is 0.00506. The highest BCUT2D eigenvalue weighted by atomic mass is 16.2. The van der Waals surface area contributed by atoms with Crippen molar-refractivity contribution in [2.45, 2.75) is 19.9 Å². The van der Waals surface area contributed by atoms with Crippen LogP contribution in [0.5, 0.6) is 0 Å². The lowest BCUT2D eigenvalue weighted by Crippen LogP contribution is -2.31. The summed E-state index contributed by atoms with van der Waals surface area (Å²) in [4.78, 5) is 38.2. The van der Waals surface area contributed by atoms with Crippen LogP contribution in [-0.4, -0.2) is 23.8 Å². The molecule has 23 heavy (non-hydrogen) atoms. The van der Waals surface area contributed by atoms with Crippen LogP contribution in [0.15, 0.2) is 48.5 Å². The number of carbonyl (C=O) groups is 3. The van der Waals surface area contributed by atoms with Gasteiger partial charge in [0.15, 0.2) is 0 Å². The van der Waals surface area contributed by atoms with Crippen molar-refractivity contribution in [3.8, 4) is 0 Å². The highest BCUT2D eigenvalue weighted by molar-refractivity contribution is 6.34. The number of anilines is 1. The third kappa shape index (κ3) is 2.61. The van der Waals surface area contributed by atoms with Crippen molar-refractivity contribution in [1.82, 2.24) is 5.32 Å². The number of amides is 3. The van der Waals surface area contributed by atoms with Gasteiger partial charge in [0.2, 0.25) is 0 Å². The average Bonchev–Trinajstić information content (AvgIpc) is 2.79. The smallest absolute Gasteiger partial charge is 0.266 e. The molecule has 0 saturated carbocycles. The Bertz CT molecular complexity index is 776. The van der Waals surface area contributed by atoms with E-state index in [1.165, 1.54) is 0 Å². The van der Waals surface area contributed by atoms with Crippen LogP contribution in [0.25, 0.3) is 0 Å². The van der Waals surface area contributed by atoms with Crippen molar-refractivity contribution < 1.29 is 14.4 Å². The zero-order valence-electron chi connectivity index (χ0n) is 12.9. The molecule has 1 N–H and O–H groups in total. The first-order valence-corrected chi connectivity index (χ1v) is 7.38. The van der Waals surface area contributed by atoms with Crippen LogP contribution in [0.1, 0.15) is 44.9 Å². The summed E-state index contributed by atoms with van der Waals surface area (Å²) in [6.45, 7) is 3.73. The number of imide groups is 1. The number of hydrogen-bond donors (Lipinski definition) is 1. The monoisotopic (exact) mass is 308 g/mol. The van der Waals surface area contributed by atoms with Crippen molar-refractivity contribution in [2.24, 2.45) is 0 Å². The van der Waals surface area contributed by atoms with Gasteiger partial charge < -0.3 is 5.32 Å². The van der Waals surface area contributed by atoms with Crippen molar-refractivity contribution >= 4 is 23.4 Å². The topological polar surface area (TPSA) is 66.5 Å². The maximum Gasteiger partial charge on any atom is 0.266 e. The highest BCUT2D eigenvalue weighted by Gasteiger charge is 2.36. The molecule has 5 nitrogen and oxygen atoms in total. The molecule has 1 aliphatic rings. The molecule has 0 unspecified atom stereocenters. The molecule has 0 bridgehead atoms. The fraction of sp³-hybridized carbons (Fsp3) is 0.167.